The number of ether oxygens (including phenoxy) is 2. The quantitative estimate of drug-likeness (QED) is 0.388. The molecule has 0 spiro atoms. The standard InChI is InChI=1S/C17H15N7O4S/c1-8-11(20-24-16-18-9-6-4-5-7-10(9)29-16)13(22-19-8)23-21-12-14(25)27-17(2,3)28-15(12)26/h4-7,12H,1-3H3,(H,19,22). The number of azo groups is 2. The number of cyclic esters (lactones) is 2. The molecular weight excluding hydrogens is 398 g/mol. The summed E-state index contributed by atoms with van der Waals surface area (Å²) in [6.45, 7) is 4.63. The van der Waals surface area contributed by atoms with Crippen LogP contribution in [0, 0.1) is 6.92 Å². The van der Waals surface area contributed by atoms with Gasteiger partial charge in [-0.15, -0.1) is 15.3 Å². The number of fused-ring (bicyclic) bond motifs is 1. The maximum absolute atomic E-state index is 12.0. The molecular formula is C17H15N7O4S. The highest BCUT2D eigenvalue weighted by Crippen LogP contribution is 2.33. The Bertz CT molecular complexity index is 1110. The number of carbonyl (C=O) groups excluding carboxylic acids is 2. The molecule has 12 heteroatoms. The van der Waals surface area contributed by atoms with E-state index in [-0.39, 0.29) is 5.82 Å². The lowest BCUT2D eigenvalue weighted by atomic mass is 10.2. The Morgan fingerprint density at radius 1 is 1.10 bits per heavy atom. The van der Waals surface area contributed by atoms with Crippen molar-refractivity contribution in [2.45, 2.75) is 32.6 Å². The number of thiazole rings is 1. The Balaban J connectivity index is 1.56. The highest BCUT2D eigenvalue weighted by atomic mass is 32.1. The molecule has 1 aliphatic heterocycles. The Labute approximate surface area is 167 Å². The van der Waals surface area contributed by atoms with Crippen molar-refractivity contribution in [3.8, 4) is 0 Å². The van der Waals surface area contributed by atoms with E-state index < -0.39 is 23.8 Å². The van der Waals surface area contributed by atoms with Crippen LogP contribution in [0.25, 0.3) is 10.2 Å². The van der Waals surface area contributed by atoms with E-state index in [0.717, 1.165) is 10.2 Å². The predicted molar refractivity (Wildman–Crippen MR) is 102 cm³/mol. The number of aromatic amines is 1. The molecule has 0 unspecified atom stereocenters. The summed E-state index contributed by atoms with van der Waals surface area (Å²) in [5.41, 5.74) is 1.72. The number of nitrogens with one attached hydrogen (secondary N) is 1. The van der Waals surface area contributed by atoms with Crippen LogP contribution in [0.3, 0.4) is 0 Å². The second-order valence-corrected chi connectivity index (χ2v) is 7.55. The first kappa shape index (κ1) is 18.8. The van der Waals surface area contributed by atoms with Crippen molar-refractivity contribution < 1.29 is 19.1 Å². The van der Waals surface area contributed by atoms with E-state index in [2.05, 4.69) is 35.6 Å². The van der Waals surface area contributed by atoms with Crippen LogP contribution >= 0.6 is 11.3 Å². The van der Waals surface area contributed by atoms with Gasteiger partial charge in [-0.1, -0.05) is 23.5 Å². The largest absolute Gasteiger partial charge is 0.421 e. The minimum absolute atomic E-state index is 0.0674. The van der Waals surface area contributed by atoms with Crippen molar-refractivity contribution >= 4 is 50.1 Å². The Kier molecular flexibility index (Phi) is 4.62. The fourth-order valence-corrected chi connectivity index (χ4v) is 3.30. The van der Waals surface area contributed by atoms with Crippen LogP contribution in [-0.4, -0.2) is 38.9 Å². The monoisotopic (exact) mass is 413 g/mol. The molecule has 29 heavy (non-hydrogen) atoms. The molecule has 0 bridgehead atoms. The summed E-state index contributed by atoms with van der Waals surface area (Å²) < 4.78 is 11.0. The molecule has 1 aliphatic rings. The molecule has 1 fully saturated rings. The molecule has 11 nitrogen and oxygen atoms in total. The van der Waals surface area contributed by atoms with Gasteiger partial charge in [-0.05, 0) is 19.1 Å². The average Bonchev–Trinajstić information content (AvgIpc) is 3.21. The molecule has 2 aromatic heterocycles. The summed E-state index contributed by atoms with van der Waals surface area (Å²) in [5.74, 6) is -2.96. The fraction of sp³-hybridized carbons (Fsp3) is 0.294. The molecule has 1 N–H and O–H groups in total. The zero-order chi connectivity index (χ0) is 20.6. The molecule has 0 amide bonds. The third-order valence-electron chi connectivity index (χ3n) is 3.82. The fourth-order valence-electron chi connectivity index (χ4n) is 2.52. The van der Waals surface area contributed by atoms with Gasteiger partial charge in [0.05, 0.1) is 15.9 Å². The van der Waals surface area contributed by atoms with Gasteiger partial charge < -0.3 is 9.47 Å². The van der Waals surface area contributed by atoms with E-state index in [9.17, 15) is 9.59 Å². The normalized spacial score (nSPS) is 17.3. The zero-order valence-electron chi connectivity index (χ0n) is 15.6. The smallest absolute Gasteiger partial charge is 0.347 e. The average molecular weight is 413 g/mol. The van der Waals surface area contributed by atoms with Gasteiger partial charge in [0.25, 0.3) is 11.8 Å². The maximum atomic E-state index is 12.0. The lowest BCUT2D eigenvalue weighted by molar-refractivity contribution is -0.234. The number of hydrogen-bond acceptors (Lipinski definition) is 11. The summed E-state index contributed by atoms with van der Waals surface area (Å²) >= 11 is 1.39. The lowest BCUT2D eigenvalue weighted by Gasteiger charge is -2.30. The number of esters is 2. The number of hydrogen-bond donors (Lipinski definition) is 1. The number of rotatable bonds is 4. The number of carbonyl (C=O) groups is 2. The summed E-state index contributed by atoms with van der Waals surface area (Å²) in [6.07, 6.45) is 0. The van der Waals surface area contributed by atoms with Crippen LogP contribution in [0.5, 0.6) is 0 Å². The molecule has 0 aliphatic carbocycles. The number of para-hydroxylation sites is 1. The van der Waals surface area contributed by atoms with E-state index >= 15 is 0 Å². The summed E-state index contributed by atoms with van der Waals surface area (Å²) in [7, 11) is 0. The van der Waals surface area contributed by atoms with E-state index in [4.69, 9.17) is 9.47 Å². The van der Waals surface area contributed by atoms with Crippen molar-refractivity contribution in [3.05, 3.63) is 30.0 Å². The second-order valence-electron chi connectivity index (χ2n) is 6.55. The van der Waals surface area contributed by atoms with Gasteiger partial charge >= 0.3 is 11.9 Å². The SMILES string of the molecule is Cc1[nH]nc(N=NC2C(=O)OC(C)(C)OC2=O)c1N=Nc1nc2ccccc2s1. The van der Waals surface area contributed by atoms with Crippen molar-refractivity contribution in [1.82, 2.24) is 15.2 Å². The molecule has 3 heterocycles. The molecule has 1 aromatic carbocycles. The Morgan fingerprint density at radius 2 is 1.83 bits per heavy atom. The highest BCUT2D eigenvalue weighted by molar-refractivity contribution is 7.21. The third kappa shape index (κ3) is 3.87. The second kappa shape index (κ2) is 7.13. The van der Waals surface area contributed by atoms with Gasteiger partial charge in [0.1, 0.15) is 0 Å². The van der Waals surface area contributed by atoms with Gasteiger partial charge in [-0.2, -0.15) is 10.2 Å². The number of benzene rings is 1. The van der Waals surface area contributed by atoms with Gasteiger partial charge in [-0.25, -0.2) is 14.6 Å². The first-order valence-corrected chi connectivity index (χ1v) is 9.33. The van der Waals surface area contributed by atoms with Crippen LogP contribution in [0.2, 0.25) is 0 Å². The van der Waals surface area contributed by atoms with Crippen LogP contribution in [0.1, 0.15) is 19.5 Å². The summed E-state index contributed by atoms with van der Waals surface area (Å²) in [6, 6.07) is 6.12. The van der Waals surface area contributed by atoms with Crippen LogP contribution in [-0.2, 0) is 19.1 Å². The molecule has 0 atom stereocenters. The lowest BCUT2D eigenvalue weighted by Crippen LogP contribution is -2.48. The van der Waals surface area contributed by atoms with Crippen molar-refractivity contribution in [3.63, 3.8) is 0 Å². The van der Waals surface area contributed by atoms with E-state index in [1.165, 1.54) is 25.2 Å². The Hall–Kier alpha value is -3.54. The number of aromatic nitrogens is 3. The summed E-state index contributed by atoms with van der Waals surface area (Å²) in [5, 5.41) is 23.0. The van der Waals surface area contributed by atoms with Crippen LogP contribution in [0.15, 0.2) is 44.7 Å². The van der Waals surface area contributed by atoms with Gasteiger partial charge in [-0.3, -0.25) is 5.10 Å². The van der Waals surface area contributed by atoms with Crippen molar-refractivity contribution in [2.24, 2.45) is 20.5 Å². The first-order chi connectivity index (χ1) is 13.8. The molecule has 148 valence electrons. The van der Waals surface area contributed by atoms with Crippen molar-refractivity contribution in [1.29, 1.82) is 0 Å². The molecule has 1 saturated heterocycles. The van der Waals surface area contributed by atoms with E-state index in [0.29, 0.717) is 16.5 Å². The zero-order valence-corrected chi connectivity index (χ0v) is 16.4. The van der Waals surface area contributed by atoms with Gasteiger partial charge in [0.15, 0.2) is 5.69 Å². The van der Waals surface area contributed by atoms with E-state index in [1.54, 1.807) is 6.92 Å². The number of H-pyrrole nitrogens is 1. The van der Waals surface area contributed by atoms with Crippen LogP contribution in [0.4, 0.5) is 16.6 Å². The molecule has 0 saturated carbocycles. The number of aryl methyl sites for hydroxylation is 1. The first-order valence-electron chi connectivity index (χ1n) is 8.51. The molecule has 3 aromatic rings. The molecule has 4 rings (SSSR count). The highest BCUT2D eigenvalue weighted by Gasteiger charge is 2.43. The number of nitrogens with zero attached hydrogens (tertiary/aromatic N) is 6. The topological polar surface area (TPSA) is 144 Å². The third-order valence-corrected chi connectivity index (χ3v) is 4.74. The van der Waals surface area contributed by atoms with E-state index in [1.807, 2.05) is 24.3 Å². The molecule has 0 radical (unpaired) electrons. The predicted octanol–water partition coefficient (Wildman–Crippen LogP) is 4.03. The summed E-state index contributed by atoms with van der Waals surface area (Å²) in [4.78, 5) is 28.3. The van der Waals surface area contributed by atoms with Gasteiger partial charge in [0, 0.05) is 13.8 Å². The maximum Gasteiger partial charge on any atom is 0.347 e. The minimum Gasteiger partial charge on any atom is -0.421 e. The van der Waals surface area contributed by atoms with Gasteiger partial charge in [0.2, 0.25) is 10.9 Å². The van der Waals surface area contributed by atoms with Crippen molar-refractivity contribution in [2.75, 3.05) is 0 Å². The minimum atomic E-state index is -1.52. The van der Waals surface area contributed by atoms with Crippen LogP contribution < -0.4 is 0 Å². The Morgan fingerprint density at radius 3 is 2.55 bits per heavy atom.